The molecule has 0 atom stereocenters. The second kappa shape index (κ2) is 3.68. The molecule has 1 fully saturated rings. The van der Waals surface area contributed by atoms with Crippen molar-refractivity contribution >= 4 is 6.29 Å². The predicted octanol–water partition coefficient (Wildman–Crippen LogP) is 1.60. The predicted molar refractivity (Wildman–Crippen MR) is 47.5 cm³/mol. The Hall–Kier alpha value is -1.19. The van der Waals surface area contributed by atoms with Crippen LogP contribution in [0, 0.1) is 0 Å². The lowest BCUT2D eigenvalue weighted by Crippen LogP contribution is -2.14. The van der Waals surface area contributed by atoms with Crippen molar-refractivity contribution in [3.8, 4) is 0 Å². The van der Waals surface area contributed by atoms with Gasteiger partial charge in [-0.2, -0.15) is 0 Å². The molecule has 0 aromatic carbocycles. The molecule has 0 radical (unpaired) electrons. The third kappa shape index (κ3) is 1.61. The summed E-state index contributed by atoms with van der Waals surface area (Å²) in [7, 11) is 0. The number of aromatic nitrogens is 3. The topological polar surface area (TPSA) is 47.8 Å². The van der Waals surface area contributed by atoms with Crippen LogP contribution >= 0.6 is 0 Å². The minimum Gasteiger partial charge on any atom is -0.308 e. The molecule has 0 spiro atoms. The third-order valence-corrected chi connectivity index (χ3v) is 2.67. The highest BCUT2D eigenvalue weighted by molar-refractivity contribution is 5.68. The van der Waals surface area contributed by atoms with Crippen molar-refractivity contribution in [2.45, 2.75) is 38.1 Å². The largest absolute Gasteiger partial charge is 0.308 e. The van der Waals surface area contributed by atoms with Crippen LogP contribution in [-0.2, 0) is 0 Å². The van der Waals surface area contributed by atoms with Crippen LogP contribution < -0.4 is 0 Å². The molecule has 1 aliphatic rings. The summed E-state index contributed by atoms with van der Waals surface area (Å²) in [5.74, 6) is 0.465. The smallest absolute Gasteiger partial charge is 0.196 e. The molecule has 0 unspecified atom stereocenters. The van der Waals surface area contributed by atoms with Gasteiger partial charge in [0.05, 0.1) is 0 Å². The molecule has 70 valence electrons. The van der Waals surface area contributed by atoms with Crippen LogP contribution in [0.4, 0.5) is 0 Å². The van der Waals surface area contributed by atoms with Crippen molar-refractivity contribution in [3.05, 3.63) is 12.2 Å². The Labute approximate surface area is 77.0 Å². The lowest BCUT2D eigenvalue weighted by molar-refractivity contribution is 0.110. The Morgan fingerprint density at radius 1 is 1.38 bits per heavy atom. The molecule has 0 saturated heterocycles. The van der Waals surface area contributed by atoms with Gasteiger partial charge in [0.2, 0.25) is 0 Å². The minimum absolute atomic E-state index is 0.448. The highest BCUT2D eigenvalue weighted by Gasteiger charge is 2.17. The van der Waals surface area contributed by atoms with Gasteiger partial charge in [0, 0.05) is 6.04 Å². The zero-order valence-corrected chi connectivity index (χ0v) is 7.52. The molecule has 0 N–H and O–H groups in total. The van der Waals surface area contributed by atoms with Gasteiger partial charge < -0.3 is 4.57 Å². The first kappa shape index (κ1) is 8.41. The van der Waals surface area contributed by atoms with Crippen LogP contribution in [0.1, 0.15) is 48.8 Å². The molecule has 2 rings (SSSR count). The van der Waals surface area contributed by atoms with Crippen molar-refractivity contribution in [2.24, 2.45) is 0 Å². The first-order valence-corrected chi connectivity index (χ1v) is 4.76. The average molecular weight is 179 g/mol. The average Bonchev–Trinajstić information content (AvgIpc) is 2.67. The maximum absolute atomic E-state index is 10.6. The molecular formula is C9H13N3O. The van der Waals surface area contributed by atoms with E-state index in [9.17, 15) is 4.79 Å². The highest BCUT2D eigenvalue weighted by atomic mass is 16.1. The molecular weight excluding hydrogens is 166 g/mol. The van der Waals surface area contributed by atoms with E-state index in [1.807, 2.05) is 4.57 Å². The van der Waals surface area contributed by atoms with E-state index >= 15 is 0 Å². The normalized spacial score (nSPS) is 18.8. The van der Waals surface area contributed by atoms with Crippen molar-refractivity contribution in [3.63, 3.8) is 0 Å². The fraction of sp³-hybridized carbons (Fsp3) is 0.667. The summed E-state index contributed by atoms with van der Waals surface area (Å²) in [5.41, 5.74) is 0. The highest BCUT2D eigenvalue weighted by Crippen LogP contribution is 2.27. The van der Waals surface area contributed by atoms with Gasteiger partial charge in [0.15, 0.2) is 12.1 Å². The molecule has 1 aliphatic carbocycles. The number of rotatable bonds is 2. The summed E-state index contributed by atoms with van der Waals surface area (Å²) in [4.78, 5) is 10.6. The van der Waals surface area contributed by atoms with Crippen molar-refractivity contribution in [1.29, 1.82) is 0 Å². The second-order valence-electron chi connectivity index (χ2n) is 3.51. The summed E-state index contributed by atoms with van der Waals surface area (Å²) in [6.07, 6.45) is 8.57. The number of carbonyl (C=O) groups excluding carboxylic acids is 1. The Bertz CT molecular complexity index is 289. The van der Waals surface area contributed by atoms with E-state index in [0.29, 0.717) is 11.9 Å². The standard InChI is InChI=1S/C9H13N3O/c13-6-9-11-10-7-12(9)8-4-2-1-3-5-8/h6-8H,1-5H2. The number of hydrogen-bond donors (Lipinski definition) is 0. The maximum Gasteiger partial charge on any atom is 0.196 e. The SMILES string of the molecule is O=Cc1nncn1C1CCCCC1. The lowest BCUT2D eigenvalue weighted by atomic mass is 9.95. The van der Waals surface area contributed by atoms with Gasteiger partial charge in [0.1, 0.15) is 6.33 Å². The van der Waals surface area contributed by atoms with Crippen molar-refractivity contribution in [1.82, 2.24) is 14.8 Å². The van der Waals surface area contributed by atoms with E-state index in [1.54, 1.807) is 6.33 Å². The van der Waals surface area contributed by atoms with Crippen molar-refractivity contribution in [2.75, 3.05) is 0 Å². The van der Waals surface area contributed by atoms with E-state index in [4.69, 9.17) is 0 Å². The Kier molecular flexibility index (Phi) is 2.38. The summed E-state index contributed by atoms with van der Waals surface area (Å²) in [6, 6.07) is 0.448. The minimum atomic E-state index is 0.448. The zero-order valence-electron chi connectivity index (χ0n) is 7.52. The van der Waals surface area contributed by atoms with Crippen LogP contribution in [0.3, 0.4) is 0 Å². The van der Waals surface area contributed by atoms with Gasteiger partial charge in [-0.1, -0.05) is 19.3 Å². The summed E-state index contributed by atoms with van der Waals surface area (Å²) < 4.78 is 1.91. The molecule has 1 aromatic rings. The lowest BCUT2D eigenvalue weighted by Gasteiger charge is -2.22. The Balaban J connectivity index is 2.17. The van der Waals surface area contributed by atoms with E-state index in [-0.39, 0.29) is 0 Å². The fourth-order valence-electron chi connectivity index (χ4n) is 1.98. The molecule has 0 amide bonds. The molecule has 4 nitrogen and oxygen atoms in total. The maximum atomic E-state index is 10.6. The van der Waals surface area contributed by atoms with Gasteiger partial charge in [-0.15, -0.1) is 10.2 Å². The first-order valence-electron chi connectivity index (χ1n) is 4.76. The molecule has 0 aliphatic heterocycles. The van der Waals surface area contributed by atoms with Gasteiger partial charge >= 0.3 is 0 Å². The Morgan fingerprint density at radius 2 is 2.15 bits per heavy atom. The van der Waals surface area contributed by atoms with Crippen LogP contribution in [0.2, 0.25) is 0 Å². The summed E-state index contributed by atoms with van der Waals surface area (Å²) >= 11 is 0. The van der Waals surface area contributed by atoms with E-state index in [1.165, 1.54) is 19.3 Å². The van der Waals surface area contributed by atoms with E-state index in [2.05, 4.69) is 10.2 Å². The summed E-state index contributed by atoms with van der Waals surface area (Å²) in [5, 5.41) is 7.50. The number of hydrogen-bond acceptors (Lipinski definition) is 3. The molecule has 13 heavy (non-hydrogen) atoms. The fourth-order valence-corrected chi connectivity index (χ4v) is 1.98. The second-order valence-corrected chi connectivity index (χ2v) is 3.51. The molecule has 1 heterocycles. The zero-order chi connectivity index (χ0) is 9.10. The van der Waals surface area contributed by atoms with Gasteiger partial charge in [-0.25, -0.2) is 0 Å². The van der Waals surface area contributed by atoms with Gasteiger partial charge in [-0.3, -0.25) is 4.79 Å². The number of aldehydes is 1. The van der Waals surface area contributed by atoms with Crippen LogP contribution in [0.25, 0.3) is 0 Å². The Morgan fingerprint density at radius 3 is 2.85 bits per heavy atom. The summed E-state index contributed by atoms with van der Waals surface area (Å²) in [6.45, 7) is 0. The van der Waals surface area contributed by atoms with Crippen LogP contribution in [0.5, 0.6) is 0 Å². The molecule has 1 saturated carbocycles. The number of nitrogens with zero attached hydrogens (tertiary/aromatic N) is 3. The molecule has 1 aromatic heterocycles. The van der Waals surface area contributed by atoms with Crippen LogP contribution in [0.15, 0.2) is 6.33 Å². The molecule has 4 heteroatoms. The van der Waals surface area contributed by atoms with Crippen molar-refractivity contribution < 1.29 is 4.79 Å². The first-order chi connectivity index (χ1) is 6.42. The number of carbonyl (C=O) groups is 1. The van der Waals surface area contributed by atoms with Crippen LogP contribution in [-0.4, -0.2) is 21.1 Å². The van der Waals surface area contributed by atoms with Gasteiger partial charge in [0.25, 0.3) is 0 Å². The van der Waals surface area contributed by atoms with E-state index in [0.717, 1.165) is 19.1 Å². The van der Waals surface area contributed by atoms with E-state index < -0.39 is 0 Å². The monoisotopic (exact) mass is 179 g/mol. The molecule has 0 bridgehead atoms. The quantitative estimate of drug-likeness (QED) is 0.648. The third-order valence-electron chi connectivity index (χ3n) is 2.67. The van der Waals surface area contributed by atoms with Gasteiger partial charge in [-0.05, 0) is 12.8 Å².